The molecule has 1 aliphatic heterocycles. The van der Waals surface area contributed by atoms with Gasteiger partial charge in [-0.25, -0.2) is 4.98 Å². The van der Waals surface area contributed by atoms with E-state index in [4.69, 9.17) is 4.74 Å². The van der Waals surface area contributed by atoms with Gasteiger partial charge >= 0.3 is 0 Å². The summed E-state index contributed by atoms with van der Waals surface area (Å²) in [5, 5.41) is 17.9. The maximum absolute atomic E-state index is 9.45. The molecule has 24 heavy (non-hydrogen) atoms. The Labute approximate surface area is 140 Å². The van der Waals surface area contributed by atoms with Crippen molar-refractivity contribution < 1.29 is 4.74 Å². The highest BCUT2D eigenvalue weighted by Gasteiger charge is 2.23. The molecule has 8 nitrogen and oxygen atoms in total. The van der Waals surface area contributed by atoms with Gasteiger partial charge in [-0.15, -0.1) is 5.10 Å². The molecule has 0 N–H and O–H groups in total. The zero-order chi connectivity index (χ0) is 17.1. The Balaban J connectivity index is 1.76. The largest absolute Gasteiger partial charge is 0.481 e. The Morgan fingerprint density at radius 1 is 1.12 bits per heavy atom. The molecule has 0 atom stereocenters. The molecule has 1 aliphatic rings. The fourth-order valence-electron chi connectivity index (χ4n) is 2.67. The number of rotatable bonds is 3. The number of nitrogens with zero attached hydrogens (tertiary/aromatic N) is 7. The van der Waals surface area contributed by atoms with Gasteiger partial charge < -0.3 is 14.5 Å². The van der Waals surface area contributed by atoms with E-state index in [0.717, 1.165) is 37.4 Å². The van der Waals surface area contributed by atoms with Crippen LogP contribution in [-0.2, 0) is 0 Å². The van der Waals surface area contributed by atoms with Gasteiger partial charge in [0.2, 0.25) is 11.8 Å². The van der Waals surface area contributed by atoms with E-state index in [9.17, 15) is 5.26 Å². The lowest BCUT2D eigenvalue weighted by molar-refractivity contribution is 0.396. The molecule has 0 bridgehead atoms. The summed E-state index contributed by atoms with van der Waals surface area (Å²) >= 11 is 0. The zero-order valence-corrected chi connectivity index (χ0v) is 14.0. The maximum Gasteiger partial charge on any atom is 0.228 e. The van der Waals surface area contributed by atoms with E-state index < -0.39 is 0 Å². The van der Waals surface area contributed by atoms with Crippen LogP contribution in [0.3, 0.4) is 0 Å². The molecule has 0 amide bonds. The molecular weight excluding hydrogens is 306 g/mol. The number of anilines is 2. The molecule has 2 aromatic rings. The van der Waals surface area contributed by atoms with Crippen LogP contribution in [0.15, 0.2) is 12.3 Å². The second kappa shape index (κ2) is 6.66. The lowest BCUT2D eigenvalue weighted by Crippen LogP contribution is -2.47. The van der Waals surface area contributed by atoms with Crippen LogP contribution in [-0.4, -0.2) is 53.5 Å². The third kappa shape index (κ3) is 2.93. The van der Waals surface area contributed by atoms with Crippen LogP contribution >= 0.6 is 0 Å². The minimum Gasteiger partial charge on any atom is -0.481 e. The van der Waals surface area contributed by atoms with Gasteiger partial charge in [-0.3, -0.25) is 0 Å². The van der Waals surface area contributed by atoms with E-state index in [-0.39, 0.29) is 0 Å². The van der Waals surface area contributed by atoms with Crippen LogP contribution in [0.5, 0.6) is 5.88 Å². The molecule has 3 rings (SSSR count). The summed E-state index contributed by atoms with van der Waals surface area (Å²) in [6.45, 7) is 6.72. The Hall–Kier alpha value is -2.95. The normalized spacial score (nSPS) is 14.4. The van der Waals surface area contributed by atoms with E-state index in [1.165, 1.54) is 0 Å². The standard InChI is InChI=1S/C16H19N7O/c1-11-12(2)20-21-15(13(11)10-17)22-6-8-23(9-7-22)16-18-5-4-14(19-16)24-3/h4-5H,6-9H2,1-3H3. The van der Waals surface area contributed by atoms with Gasteiger partial charge in [0.1, 0.15) is 11.6 Å². The summed E-state index contributed by atoms with van der Waals surface area (Å²) in [5.41, 5.74) is 2.29. The predicted octanol–water partition coefficient (Wildman–Crippen LogP) is 1.09. The minimum atomic E-state index is 0.550. The number of piperazine rings is 1. The second-order valence-electron chi connectivity index (χ2n) is 5.59. The van der Waals surface area contributed by atoms with Gasteiger partial charge in [0.15, 0.2) is 5.82 Å². The van der Waals surface area contributed by atoms with Gasteiger partial charge in [-0.1, -0.05) is 0 Å². The molecule has 124 valence electrons. The summed E-state index contributed by atoms with van der Waals surface area (Å²) in [5.74, 6) is 1.86. The topological polar surface area (TPSA) is 91.1 Å². The highest BCUT2D eigenvalue weighted by atomic mass is 16.5. The van der Waals surface area contributed by atoms with Crippen LogP contribution in [0.25, 0.3) is 0 Å². The van der Waals surface area contributed by atoms with Crippen molar-refractivity contribution in [2.45, 2.75) is 13.8 Å². The van der Waals surface area contributed by atoms with Crippen molar-refractivity contribution in [1.29, 1.82) is 5.26 Å². The van der Waals surface area contributed by atoms with E-state index in [0.29, 0.717) is 23.2 Å². The molecule has 2 aromatic heterocycles. The van der Waals surface area contributed by atoms with Gasteiger partial charge in [-0.2, -0.15) is 15.3 Å². The van der Waals surface area contributed by atoms with Gasteiger partial charge in [0.25, 0.3) is 0 Å². The summed E-state index contributed by atoms with van der Waals surface area (Å²) in [7, 11) is 1.59. The molecule has 8 heteroatoms. The predicted molar refractivity (Wildman–Crippen MR) is 89.2 cm³/mol. The Bertz CT molecular complexity index is 778. The molecule has 0 aliphatic carbocycles. The van der Waals surface area contributed by atoms with E-state index in [2.05, 4.69) is 36.0 Å². The van der Waals surface area contributed by atoms with E-state index in [1.54, 1.807) is 19.4 Å². The zero-order valence-electron chi connectivity index (χ0n) is 14.0. The van der Waals surface area contributed by atoms with Crippen LogP contribution in [0, 0.1) is 25.2 Å². The molecule has 1 fully saturated rings. The van der Waals surface area contributed by atoms with Crippen molar-refractivity contribution in [3.63, 3.8) is 0 Å². The van der Waals surface area contributed by atoms with Gasteiger partial charge in [0.05, 0.1) is 12.8 Å². The quantitative estimate of drug-likeness (QED) is 0.828. The van der Waals surface area contributed by atoms with Gasteiger partial charge in [-0.05, 0) is 19.4 Å². The van der Waals surface area contributed by atoms with Crippen LogP contribution in [0.2, 0.25) is 0 Å². The summed E-state index contributed by atoms with van der Waals surface area (Å²) in [4.78, 5) is 12.9. The van der Waals surface area contributed by atoms with E-state index >= 15 is 0 Å². The highest BCUT2D eigenvalue weighted by molar-refractivity contribution is 5.58. The first-order valence-corrected chi connectivity index (χ1v) is 7.75. The molecule has 0 unspecified atom stereocenters. The third-order valence-electron chi connectivity index (χ3n) is 4.24. The Kier molecular flexibility index (Phi) is 4.42. The fourth-order valence-corrected chi connectivity index (χ4v) is 2.67. The number of ether oxygens (including phenoxy) is 1. The van der Waals surface area contributed by atoms with Crippen molar-refractivity contribution in [1.82, 2.24) is 20.2 Å². The molecule has 1 saturated heterocycles. The van der Waals surface area contributed by atoms with Crippen molar-refractivity contribution >= 4 is 11.8 Å². The van der Waals surface area contributed by atoms with Crippen LogP contribution < -0.4 is 14.5 Å². The third-order valence-corrected chi connectivity index (χ3v) is 4.24. The smallest absolute Gasteiger partial charge is 0.228 e. The average Bonchev–Trinajstić information content (AvgIpc) is 2.64. The molecule has 0 saturated carbocycles. The minimum absolute atomic E-state index is 0.550. The first-order chi connectivity index (χ1) is 11.6. The number of nitriles is 1. The Morgan fingerprint density at radius 3 is 2.50 bits per heavy atom. The molecular formula is C16H19N7O. The number of hydrogen-bond donors (Lipinski definition) is 0. The van der Waals surface area contributed by atoms with Gasteiger partial charge in [0, 0.05) is 38.4 Å². The number of hydrogen-bond acceptors (Lipinski definition) is 8. The first kappa shape index (κ1) is 15.9. The van der Waals surface area contributed by atoms with Crippen molar-refractivity contribution in [2.75, 3.05) is 43.1 Å². The molecule has 0 aromatic carbocycles. The molecule has 3 heterocycles. The summed E-state index contributed by atoms with van der Waals surface area (Å²) in [6, 6.07) is 3.99. The van der Waals surface area contributed by atoms with Crippen LogP contribution in [0.4, 0.5) is 11.8 Å². The number of aromatic nitrogens is 4. The summed E-state index contributed by atoms with van der Waals surface area (Å²) in [6.07, 6.45) is 1.69. The van der Waals surface area contributed by atoms with Crippen molar-refractivity contribution in [3.8, 4) is 11.9 Å². The first-order valence-electron chi connectivity index (χ1n) is 7.75. The molecule has 0 radical (unpaired) electrons. The molecule has 0 spiro atoms. The summed E-state index contributed by atoms with van der Waals surface area (Å²) < 4.78 is 5.15. The van der Waals surface area contributed by atoms with Crippen molar-refractivity contribution in [3.05, 3.63) is 29.1 Å². The average molecular weight is 325 g/mol. The second-order valence-corrected chi connectivity index (χ2v) is 5.59. The monoisotopic (exact) mass is 325 g/mol. The number of aryl methyl sites for hydroxylation is 1. The van der Waals surface area contributed by atoms with Crippen molar-refractivity contribution in [2.24, 2.45) is 0 Å². The lowest BCUT2D eigenvalue weighted by Gasteiger charge is -2.35. The lowest BCUT2D eigenvalue weighted by atomic mass is 10.1. The maximum atomic E-state index is 9.45. The Morgan fingerprint density at radius 2 is 1.83 bits per heavy atom. The fraction of sp³-hybridized carbons (Fsp3) is 0.438. The van der Waals surface area contributed by atoms with Crippen LogP contribution in [0.1, 0.15) is 16.8 Å². The van der Waals surface area contributed by atoms with E-state index in [1.807, 2.05) is 13.8 Å². The highest BCUT2D eigenvalue weighted by Crippen LogP contribution is 2.23. The SMILES string of the molecule is COc1ccnc(N2CCN(c3nnc(C)c(C)c3C#N)CC2)n1. The number of methoxy groups -OCH3 is 1.